The van der Waals surface area contributed by atoms with Crippen LogP contribution >= 0.6 is 27.5 Å². The number of benzene rings is 2. The normalized spacial score (nSPS) is 10.3. The molecular formula is C14H11BrClNO3. The van der Waals surface area contributed by atoms with Gasteiger partial charge in [-0.3, -0.25) is 10.1 Å². The molecular weight excluding hydrogens is 346 g/mol. The fourth-order valence-corrected chi connectivity index (χ4v) is 2.22. The van der Waals surface area contributed by atoms with E-state index >= 15 is 0 Å². The first kappa shape index (κ1) is 14.8. The van der Waals surface area contributed by atoms with Crippen LogP contribution in [0, 0.1) is 10.1 Å². The van der Waals surface area contributed by atoms with Gasteiger partial charge in [-0.25, -0.2) is 0 Å². The van der Waals surface area contributed by atoms with Crippen molar-refractivity contribution in [1.82, 2.24) is 0 Å². The predicted molar refractivity (Wildman–Crippen MR) is 81.5 cm³/mol. The maximum Gasteiger partial charge on any atom is 0.270 e. The van der Waals surface area contributed by atoms with Crippen LogP contribution in [0.4, 0.5) is 5.69 Å². The Bertz CT molecular complexity index is 634. The fraction of sp³-hybridized carbons (Fsp3) is 0.143. The van der Waals surface area contributed by atoms with E-state index in [4.69, 9.17) is 16.3 Å². The highest BCUT2D eigenvalue weighted by atomic mass is 79.9. The second-order valence-corrected chi connectivity index (χ2v) is 5.07. The molecule has 4 nitrogen and oxygen atoms in total. The van der Waals surface area contributed by atoms with Crippen LogP contribution in [-0.4, -0.2) is 4.92 Å². The Morgan fingerprint density at radius 3 is 2.70 bits per heavy atom. The topological polar surface area (TPSA) is 52.4 Å². The van der Waals surface area contributed by atoms with Crippen molar-refractivity contribution in [2.45, 2.75) is 11.9 Å². The molecule has 0 saturated carbocycles. The van der Waals surface area contributed by atoms with E-state index in [1.807, 2.05) is 24.3 Å². The van der Waals surface area contributed by atoms with Crippen molar-refractivity contribution in [2.24, 2.45) is 0 Å². The fourth-order valence-electron chi connectivity index (χ4n) is 1.65. The minimum Gasteiger partial charge on any atom is -0.489 e. The summed E-state index contributed by atoms with van der Waals surface area (Å²) in [6, 6.07) is 12.0. The zero-order chi connectivity index (χ0) is 14.5. The number of nitrogens with zero attached hydrogens (tertiary/aromatic N) is 1. The highest BCUT2D eigenvalue weighted by Gasteiger charge is 2.09. The van der Waals surface area contributed by atoms with Crippen LogP contribution in [-0.2, 0) is 11.9 Å². The van der Waals surface area contributed by atoms with Crippen molar-refractivity contribution in [3.05, 3.63) is 68.7 Å². The van der Waals surface area contributed by atoms with Crippen LogP contribution in [0.3, 0.4) is 0 Å². The average molecular weight is 357 g/mol. The van der Waals surface area contributed by atoms with Gasteiger partial charge >= 0.3 is 0 Å². The molecule has 0 bridgehead atoms. The van der Waals surface area contributed by atoms with Crippen molar-refractivity contribution in [1.29, 1.82) is 0 Å². The molecule has 0 radical (unpaired) electrons. The molecule has 2 aromatic carbocycles. The summed E-state index contributed by atoms with van der Waals surface area (Å²) in [5.41, 5.74) is 1.79. The zero-order valence-corrected chi connectivity index (χ0v) is 12.7. The molecule has 2 rings (SSSR count). The van der Waals surface area contributed by atoms with E-state index in [1.54, 1.807) is 6.07 Å². The molecule has 0 aliphatic heterocycles. The van der Waals surface area contributed by atoms with Gasteiger partial charge in [-0.15, -0.1) is 0 Å². The molecule has 0 N–H and O–H groups in total. The summed E-state index contributed by atoms with van der Waals surface area (Å²) in [4.78, 5) is 10.1. The number of nitro benzene ring substituents is 1. The van der Waals surface area contributed by atoms with Gasteiger partial charge in [0.2, 0.25) is 0 Å². The Labute approximate surface area is 129 Å². The molecule has 0 amide bonds. The Balaban J connectivity index is 2.08. The minimum absolute atomic E-state index is 0.0277. The number of hydrogen-bond acceptors (Lipinski definition) is 3. The van der Waals surface area contributed by atoms with E-state index in [-0.39, 0.29) is 12.3 Å². The van der Waals surface area contributed by atoms with E-state index < -0.39 is 4.92 Å². The van der Waals surface area contributed by atoms with Crippen LogP contribution in [0.1, 0.15) is 11.1 Å². The third-order valence-corrected chi connectivity index (χ3v) is 3.69. The lowest BCUT2D eigenvalue weighted by Gasteiger charge is -2.08. The maximum absolute atomic E-state index is 10.6. The van der Waals surface area contributed by atoms with Crippen LogP contribution < -0.4 is 4.74 Å². The highest BCUT2D eigenvalue weighted by Crippen LogP contribution is 2.24. The number of nitro groups is 1. The van der Waals surface area contributed by atoms with E-state index in [1.165, 1.54) is 12.1 Å². The molecule has 0 atom stereocenters. The van der Waals surface area contributed by atoms with Gasteiger partial charge in [-0.05, 0) is 23.8 Å². The van der Waals surface area contributed by atoms with Crippen molar-refractivity contribution in [3.63, 3.8) is 0 Å². The first-order valence-electron chi connectivity index (χ1n) is 5.80. The number of alkyl halides is 1. The lowest BCUT2D eigenvalue weighted by molar-refractivity contribution is -0.384. The lowest BCUT2D eigenvalue weighted by atomic mass is 10.2. The first-order valence-corrected chi connectivity index (χ1v) is 7.30. The highest BCUT2D eigenvalue weighted by molar-refractivity contribution is 9.08. The zero-order valence-electron chi connectivity index (χ0n) is 10.4. The van der Waals surface area contributed by atoms with Gasteiger partial charge in [-0.1, -0.05) is 39.7 Å². The molecule has 0 aromatic heterocycles. The van der Waals surface area contributed by atoms with Gasteiger partial charge in [0, 0.05) is 23.0 Å². The second-order valence-electron chi connectivity index (χ2n) is 4.10. The predicted octanol–water partition coefficient (Wildman–Crippen LogP) is 4.72. The first-order chi connectivity index (χ1) is 9.60. The number of non-ortho nitro benzene ring substituents is 1. The monoisotopic (exact) mass is 355 g/mol. The molecule has 20 heavy (non-hydrogen) atoms. The summed E-state index contributed by atoms with van der Waals surface area (Å²) < 4.78 is 5.64. The van der Waals surface area contributed by atoms with Crippen molar-refractivity contribution in [3.8, 4) is 5.75 Å². The Kier molecular flexibility index (Phi) is 4.98. The molecule has 0 aliphatic rings. The molecule has 0 fully saturated rings. The Morgan fingerprint density at radius 1 is 1.25 bits per heavy atom. The lowest BCUT2D eigenvalue weighted by Crippen LogP contribution is -1.97. The summed E-state index contributed by atoms with van der Waals surface area (Å²) in [6.07, 6.45) is 0. The smallest absolute Gasteiger partial charge is 0.270 e. The quantitative estimate of drug-likeness (QED) is 0.442. The summed E-state index contributed by atoms with van der Waals surface area (Å²) in [6.45, 7) is 0.266. The summed E-state index contributed by atoms with van der Waals surface area (Å²) in [7, 11) is 0. The standard InChI is InChI=1S/C14H11BrClNO3/c15-8-10-2-1-3-13(6-10)20-9-11-4-5-12(17(18)19)7-14(11)16/h1-7H,8-9H2. The van der Waals surface area contributed by atoms with Crippen LogP contribution in [0.15, 0.2) is 42.5 Å². The van der Waals surface area contributed by atoms with E-state index in [9.17, 15) is 10.1 Å². The van der Waals surface area contributed by atoms with Gasteiger partial charge in [0.05, 0.1) is 9.95 Å². The Hall–Kier alpha value is -1.59. The van der Waals surface area contributed by atoms with Gasteiger partial charge in [-0.2, -0.15) is 0 Å². The van der Waals surface area contributed by atoms with Gasteiger partial charge in [0.25, 0.3) is 5.69 Å². The molecule has 0 saturated heterocycles. The van der Waals surface area contributed by atoms with E-state index in [2.05, 4.69) is 15.9 Å². The molecule has 0 aliphatic carbocycles. The molecule has 0 heterocycles. The molecule has 0 spiro atoms. The SMILES string of the molecule is O=[N+]([O-])c1ccc(COc2cccc(CBr)c2)c(Cl)c1. The third-order valence-electron chi connectivity index (χ3n) is 2.69. The average Bonchev–Trinajstić information content (AvgIpc) is 2.46. The summed E-state index contributed by atoms with van der Waals surface area (Å²) in [5, 5.41) is 11.7. The van der Waals surface area contributed by atoms with E-state index in [0.717, 1.165) is 16.6 Å². The van der Waals surface area contributed by atoms with Gasteiger partial charge < -0.3 is 4.74 Å². The largest absolute Gasteiger partial charge is 0.489 e. The number of rotatable bonds is 5. The molecule has 2 aromatic rings. The third kappa shape index (κ3) is 3.71. The minimum atomic E-state index is -0.476. The van der Waals surface area contributed by atoms with E-state index in [0.29, 0.717) is 10.6 Å². The Morgan fingerprint density at radius 2 is 2.05 bits per heavy atom. The number of hydrogen-bond donors (Lipinski definition) is 0. The molecule has 0 unspecified atom stereocenters. The van der Waals surface area contributed by atoms with Crippen LogP contribution in [0.2, 0.25) is 5.02 Å². The number of ether oxygens (including phenoxy) is 1. The van der Waals surface area contributed by atoms with Gasteiger partial charge in [0.15, 0.2) is 0 Å². The van der Waals surface area contributed by atoms with Gasteiger partial charge in [0.1, 0.15) is 12.4 Å². The molecule has 6 heteroatoms. The number of halogens is 2. The second kappa shape index (κ2) is 6.72. The molecule has 104 valence electrons. The van der Waals surface area contributed by atoms with Crippen LogP contribution in [0.5, 0.6) is 5.75 Å². The van der Waals surface area contributed by atoms with Crippen molar-refractivity contribution in [2.75, 3.05) is 0 Å². The van der Waals surface area contributed by atoms with Crippen LogP contribution in [0.25, 0.3) is 0 Å². The van der Waals surface area contributed by atoms with Crippen molar-refractivity contribution >= 4 is 33.2 Å². The summed E-state index contributed by atoms with van der Waals surface area (Å²) in [5.74, 6) is 0.733. The summed E-state index contributed by atoms with van der Waals surface area (Å²) >= 11 is 9.39. The van der Waals surface area contributed by atoms with Crippen molar-refractivity contribution < 1.29 is 9.66 Å². The maximum atomic E-state index is 10.6.